The highest BCUT2D eigenvalue weighted by Gasteiger charge is 2.40. The van der Waals surface area contributed by atoms with Gasteiger partial charge in [-0.15, -0.1) is 0 Å². The highest BCUT2D eigenvalue weighted by Crippen LogP contribution is 2.45. The highest BCUT2D eigenvalue weighted by atomic mass is 32.2. The van der Waals surface area contributed by atoms with E-state index in [1.165, 1.54) is 41.6 Å². The van der Waals surface area contributed by atoms with Crippen molar-refractivity contribution < 1.29 is 1.37 Å². The zero-order chi connectivity index (χ0) is 15.8. The Bertz CT molecular complexity index is 683. The molecule has 3 heteroatoms. The number of nitrogens with zero attached hydrogens (tertiary/aromatic N) is 1. The van der Waals surface area contributed by atoms with E-state index in [1.54, 1.807) is 5.56 Å². The second-order valence-corrected chi connectivity index (χ2v) is 7.78. The van der Waals surface area contributed by atoms with Crippen LogP contribution in [0.1, 0.15) is 38.2 Å². The Hall–Kier alpha value is -0.930. The number of rotatable bonds is 4. The number of piperidine rings is 1. The number of fused-ring (bicyclic) bond motifs is 2. The van der Waals surface area contributed by atoms with Gasteiger partial charge < -0.3 is 4.98 Å². The number of likely N-dealkylation sites (tertiary alicyclic amines) is 1. The van der Waals surface area contributed by atoms with Crippen molar-refractivity contribution in [1.29, 1.82) is 0 Å². The molecule has 2 aliphatic rings. The lowest BCUT2D eigenvalue weighted by Crippen LogP contribution is -2.50. The predicted molar refractivity (Wildman–Crippen MR) is 96.9 cm³/mol. The van der Waals surface area contributed by atoms with Crippen molar-refractivity contribution in [3.8, 4) is 0 Å². The lowest BCUT2D eigenvalue weighted by Gasteiger charge is -2.47. The van der Waals surface area contributed by atoms with E-state index in [0.717, 1.165) is 18.9 Å². The van der Waals surface area contributed by atoms with Crippen molar-refractivity contribution in [3.63, 3.8) is 0 Å². The molecule has 0 spiro atoms. The number of aromatic amines is 1. The van der Waals surface area contributed by atoms with Crippen LogP contribution in [-0.4, -0.2) is 41.0 Å². The predicted octanol–water partition coefficient (Wildman–Crippen LogP) is 4.27. The number of benzene rings is 1. The summed E-state index contributed by atoms with van der Waals surface area (Å²) in [4.78, 5) is 6.18. The first-order valence-electron chi connectivity index (χ1n) is 9.13. The van der Waals surface area contributed by atoms with Gasteiger partial charge in [-0.3, -0.25) is 4.90 Å². The molecule has 0 saturated carbocycles. The maximum atomic E-state index is 7.53. The van der Waals surface area contributed by atoms with Crippen LogP contribution in [0.15, 0.2) is 24.4 Å². The molecule has 0 bridgehead atoms. The standard InChI is InChI=1S/C19H26N2S/c1-3-7-21-11-13(12-22-2)8-16-15-5-4-6-17-19(15)14(10-20-17)9-18(16)21/h4-6,10,13,16,18,20H,3,7-9,11-12H2,1-2H3/t13-,16-,18-/m1/s1/i1D. The molecule has 4 rings (SSSR count). The van der Waals surface area contributed by atoms with Gasteiger partial charge in [-0.25, -0.2) is 0 Å². The average molecular weight is 316 g/mol. The second kappa shape index (κ2) is 5.93. The van der Waals surface area contributed by atoms with E-state index in [1.807, 2.05) is 11.8 Å². The molecule has 22 heavy (non-hydrogen) atoms. The Morgan fingerprint density at radius 3 is 3.27 bits per heavy atom. The van der Waals surface area contributed by atoms with Gasteiger partial charge in [0, 0.05) is 37.0 Å². The van der Waals surface area contributed by atoms with E-state index < -0.39 is 0 Å². The Morgan fingerprint density at radius 1 is 1.45 bits per heavy atom. The SMILES string of the molecule is [2H]CCCN1C[C@H](CSC)C[C@@H]2c3cccc4[nH]cc(c34)C[C@H]21. The maximum Gasteiger partial charge on any atom is 0.0459 e. The molecule has 1 aliphatic heterocycles. The van der Waals surface area contributed by atoms with Gasteiger partial charge in [-0.1, -0.05) is 19.0 Å². The monoisotopic (exact) mass is 315 g/mol. The van der Waals surface area contributed by atoms with Gasteiger partial charge >= 0.3 is 0 Å². The van der Waals surface area contributed by atoms with Crippen LogP contribution in [0.3, 0.4) is 0 Å². The van der Waals surface area contributed by atoms with E-state index in [4.69, 9.17) is 1.37 Å². The lowest BCUT2D eigenvalue weighted by molar-refractivity contribution is 0.0926. The smallest absolute Gasteiger partial charge is 0.0459 e. The van der Waals surface area contributed by atoms with E-state index in [0.29, 0.717) is 18.9 Å². The maximum absolute atomic E-state index is 7.53. The molecular weight excluding hydrogens is 288 g/mol. The van der Waals surface area contributed by atoms with Crippen LogP contribution in [0.25, 0.3) is 10.9 Å². The first-order chi connectivity index (χ1) is 11.3. The van der Waals surface area contributed by atoms with Gasteiger partial charge in [0.05, 0.1) is 0 Å². The summed E-state index contributed by atoms with van der Waals surface area (Å²) in [5, 5.41) is 1.50. The molecule has 1 fully saturated rings. The zero-order valence-electron chi connectivity index (χ0n) is 14.3. The molecule has 1 N–H and O–H groups in total. The van der Waals surface area contributed by atoms with Gasteiger partial charge in [0.1, 0.15) is 0 Å². The number of nitrogens with one attached hydrogen (secondary N) is 1. The van der Waals surface area contributed by atoms with Gasteiger partial charge in [0.25, 0.3) is 0 Å². The molecule has 1 aromatic carbocycles. The molecule has 2 heterocycles. The number of hydrogen-bond donors (Lipinski definition) is 1. The first-order valence-corrected chi connectivity index (χ1v) is 9.82. The fourth-order valence-electron chi connectivity index (χ4n) is 4.72. The molecule has 1 aliphatic carbocycles. The third-order valence-corrected chi connectivity index (χ3v) is 6.31. The molecule has 1 saturated heterocycles. The molecular formula is C19H26N2S. The van der Waals surface area contributed by atoms with Gasteiger partial charge in [-0.05, 0) is 60.9 Å². The van der Waals surface area contributed by atoms with Crippen molar-refractivity contribution in [2.45, 2.75) is 38.1 Å². The van der Waals surface area contributed by atoms with Crippen LogP contribution in [0.5, 0.6) is 0 Å². The third kappa shape index (κ3) is 2.30. The largest absolute Gasteiger partial charge is 0.361 e. The topological polar surface area (TPSA) is 19.0 Å². The third-order valence-electron chi connectivity index (χ3n) is 5.51. The molecule has 0 amide bonds. The summed E-state index contributed by atoms with van der Waals surface area (Å²) in [6, 6.07) is 7.42. The van der Waals surface area contributed by atoms with Gasteiger partial charge in [-0.2, -0.15) is 11.8 Å². The second-order valence-electron chi connectivity index (χ2n) is 6.87. The Balaban J connectivity index is 1.71. The quantitative estimate of drug-likeness (QED) is 0.908. The molecule has 2 aromatic rings. The van der Waals surface area contributed by atoms with E-state index in [9.17, 15) is 0 Å². The molecule has 1 aromatic heterocycles. The zero-order valence-corrected chi connectivity index (χ0v) is 14.2. The van der Waals surface area contributed by atoms with Crippen LogP contribution in [-0.2, 0) is 6.42 Å². The summed E-state index contributed by atoms with van der Waals surface area (Å²) in [6.45, 7) is 2.86. The molecule has 118 valence electrons. The minimum absolute atomic E-state index is 0.548. The summed E-state index contributed by atoms with van der Waals surface area (Å²) < 4.78 is 7.53. The van der Waals surface area contributed by atoms with E-state index in [-0.39, 0.29) is 0 Å². The van der Waals surface area contributed by atoms with Crippen LogP contribution >= 0.6 is 11.8 Å². The Kier molecular flexibility index (Phi) is 3.64. The van der Waals surface area contributed by atoms with Crippen molar-refractivity contribution in [1.82, 2.24) is 9.88 Å². The van der Waals surface area contributed by atoms with Crippen LogP contribution < -0.4 is 0 Å². The Labute approximate surface area is 139 Å². The summed E-state index contributed by atoms with van der Waals surface area (Å²) >= 11 is 1.98. The van der Waals surface area contributed by atoms with Gasteiger partial charge in [0.2, 0.25) is 0 Å². The number of thioether (sulfide) groups is 1. The minimum Gasteiger partial charge on any atom is -0.361 e. The van der Waals surface area contributed by atoms with Crippen LogP contribution in [0.2, 0.25) is 0 Å². The van der Waals surface area contributed by atoms with Crippen LogP contribution in [0.4, 0.5) is 0 Å². The lowest BCUT2D eigenvalue weighted by atomic mass is 9.72. The molecule has 3 atom stereocenters. The molecule has 0 radical (unpaired) electrons. The summed E-state index contributed by atoms with van der Waals surface area (Å²) in [5.74, 6) is 2.71. The fourth-order valence-corrected chi connectivity index (χ4v) is 5.43. The highest BCUT2D eigenvalue weighted by molar-refractivity contribution is 7.98. The summed E-state index contributed by atoms with van der Waals surface area (Å²) in [5.41, 5.74) is 4.37. The van der Waals surface area contributed by atoms with Crippen molar-refractivity contribution in [2.75, 3.05) is 25.1 Å². The number of H-pyrrole nitrogens is 1. The number of aromatic nitrogens is 1. The van der Waals surface area contributed by atoms with E-state index >= 15 is 0 Å². The van der Waals surface area contributed by atoms with Crippen molar-refractivity contribution in [2.24, 2.45) is 5.92 Å². The van der Waals surface area contributed by atoms with Crippen molar-refractivity contribution >= 4 is 22.7 Å². The summed E-state index contributed by atoms with van der Waals surface area (Å²) in [7, 11) is 0. The van der Waals surface area contributed by atoms with Crippen LogP contribution in [0, 0.1) is 5.92 Å². The minimum atomic E-state index is 0.548. The Morgan fingerprint density at radius 2 is 2.41 bits per heavy atom. The summed E-state index contributed by atoms with van der Waals surface area (Å²) in [6.07, 6.45) is 7.95. The fraction of sp³-hybridized carbons (Fsp3) is 0.579. The first kappa shape index (κ1) is 13.5. The molecule has 2 nitrogen and oxygen atoms in total. The van der Waals surface area contributed by atoms with E-state index in [2.05, 4.69) is 40.5 Å². The van der Waals surface area contributed by atoms with Gasteiger partial charge in [0.15, 0.2) is 0 Å². The van der Waals surface area contributed by atoms with Crippen molar-refractivity contribution in [3.05, 3.63) is 35.5 Å². The average Bonchev–Trinajstić information content (AvgIpc) is 2.98. The number of hydrogen-bond acceptors (Lipinski definition) is 2. The normalized spacial score (nSPS) is 28.6. The molecule has 0 unspecified atom stereocenters.